The summed E-state index contributed by atoms with van der Waals surface area (Å²) in [4.78, 5) is 9.80. The van der Waals surface area contributed by atoms with Gasteiger partial charge in [0, 0.05) is 27.8 Å². The summed E-state index contributed by atoms with van der Waals surface area (Å²) in [6.45, 7) is 1.98. The second-order valence-corrected chi connectivity index (χ2v) is 5.95. The Labute approximate surface area is 119 Å². The molecule has 0 aliphatic heterocycles. The van der Waals surface area contributed by atoms with Crippen LogP contribution >= 0.6 is 27.7 Å². The van der Waals surface area contributed by atoms with Gasteiger partial charge in [-0.15, -0.1) is 0 Å². The highest BCUT2D eigenvalue weighted by atomic mass is 79.9. The maximum absolute atomic E-state index is 5.74. The molecule has 0 amide bonds. The van der Waals surface area contributed by atoms with Crippen molar-refractivity contribution in [1.82, 2.24) is 9.97 Å². The Hall–Kier alpha value is -0.910. The first-order chi connectivity index (χ1) is 8.65. The van der Waals surface area contributed by atoms with Crippen LogP contribution in [0.25, 0.3) is 0 Å². The van der Waals surface area contributed by atoms with Crippen LogP contribution in [0.2, 0.25) is 0 Å². The first-order valence-corrected chi connectivity index (χ1v) is 7.25. The van der Waals surface area contributed by atoms with Gasteiger partial charge >= 0.3 is 0 Å². The summed E-state index contributed by atoms with van der Waals surface area (Å²) >= 11 is 5.05. The van der Waals surface area contributed by atoms with Gasteiger partial charge in [0.15, 0.2) is 5.16 Å². The van der Waals surface area contributed by atoms with E-state index < -0.39 is 0 Å². The molecule has 94 valence electrons. The molecule has 5 heteroatoms. The molecule has 0 saturated carbocycles. The summed E-state index contributed by atoms with van der Waals surface area (Å²) in [5.41, 5.74) is 6.81. The molecule has 0 spiro atoms. The molecular weight excluding hydrogens is 310 g/mol. The zero-order valence-corrected chi connectivity index (χ0v) is 12.4. The number of hydrogen-bond acceptors (Lipinski definition) is 4. The van der Waals surface area contributed by atoms with Gasteiger partial charge in [0.2, 0.25) is 0 Å². The predicted molar refractivity (Wildman–Crippen MR) is 77.7 cm³/mol. The Kier molecular flexibility index (Phi) is 4.74. The maximum atomic E-state index is 5.74. The molecule has 1 heterocycles. The lowest BCUT2D eigenvalue weighted by Gasteiger charge is -2.05. The van der Waals surface area contributed by atoms with Crippen molar-refractivity contribution in [1.29, 1.82) is 0 Å². The minimum absolute atomic E-state index is 0.135. The summed E-state index contributed by atoms with van der Waals surface area (Å²) in [5.74, 6) is 0. The Balaban J connectivity index is 2.09. The minimum Gasteiger partial charge on any atom is -0.328 e. The molecule has 1 aromatic heterocycles. The monoisotopic (exact) mass is 323 g/mol. The first kappa shape index (κ1) is 13.5. The normalized spacial score (nSPS) is 12.4. The van der Waals surface area contributed by atoms with E-state index in [0.29, 0.717) is 0 Å². The van der Waals surface area contributed by atoms with Crippen LogP contribution in [0.4, 0.5) is 0 Å². The van der Waals surface area contributed by atoms with Gasteiger partial charge in [0.25, 0.3) is 0 Å². The van der Waals surface area contributed by atoms with Crippen molar-refractivity contribution in [2.24, 2.45) is 5.73 Å². The van der Waals surface area contributed by atoms with Gasteiger partial charge in [-0.1, -0.05) is 12.1 Å². The Bertz CT molecular complexity index is 514. The molecule has 18 heavy (non-hydrogen) atoms. The van der Waals surface area contributed by atoms with Crippen molar-refractivity contribution in [3.8, 4) is 0 Å². The number of aromatic nitrogens is 2. The topological polar surface area (TPSA) is 51.8 Å². The van der Waals surface area contributed by atoms with Crippen molar-refractivity contribution < 1.29 is 0 Å². The molecule has 1 atom stereocenters. The van der Waals surface area contributed by atoms with Gasteiger partial charge in [0.1, 0.15) is 0 Å². The number of rotatable bonds is 4. The smallest absolute Gasteiger partial charge is 0.192 e. The van der Waals surface area contributed by atoms with Crippen molar-refractivity contribution in [2.45, 2.75) is 29.4 Å². The van der Waals surface area contributed by atoms with Crippen molar-refractivity contribution in [2.75, 3.05) is 0 Å². The molecule has 0 bridgehead atoms. The highest BCUT2D eigenvalue weighted by Crippen LogP contribution is 2.30. The van der Waals surface area contributed by atoms with Crippen molar-refractivity contribution in [3.05, 3.63) is 46.7 Å². The summed E-state index contributed by atoms with van der Waals surface area (Å²) in [5, 5.41) is 0.746. The lowest BCUT2D eigenvalue weighted by atomic mass is 10.1. The molecule has 2 rings (SSSR count). The number of nitrogens with two attached hydrogens (primary N) is 1. The lowest BCUT2D eigenvalue weighted by Crippen LogP contribution is -2.17. The molecule has 0 aliphatic rings. The molecule has 1 unspecified atom stereocenters. The van der Waals surface area contributed by atoms with E-state index in [-0.39, 0.29) is 6.04 Å². The van der Waals surface area contributed by atoms with Crippen molar-refractivity contribution in [3.63, 3.8) is 0 Å². The van der Waals surface area contributed by atoms with E-state index in [1.165, 1.54) is 0 Å². The van der Waals surface area contributed by atoms with E-state index >= 15 is 0 Å². The van der Waals surface area contributed by atoms with E-state index in [4.69, 9.17) is 5.73 Å². The van der Waals surface area contributed by atoms with E-state index in [0.717, 1.165) is 26.5 Å². The molecule has 0 saturated heterocycles. The number of benzene rings is 1. The van der Waals surface area contributed by atoms with Crippen LogP contribution in [-0.4, -0.2) is 16.0 Å². The standard InChI is InChI=1S/C13H14BrN3S/c1-9(15)6-10-7-16-13(17-8-10)18-12-5-3-2-4-11(12)14/h2-5,7-9H,6,15H2,1H3. The van der Waals surface area contributed by atoms with Crippen molar-refractivity contribution >= 4 is 27.7 Å². The van der Waals surface area contributed by atoms with Crippen LogP contribution in [0.15, 0.2) is 51.2 Å². The third-order valence-electron chi connectivity index (χ3n) is 2.28. The fraction of sp³-hybridized carbons (Fsp3) is 0.231. The van der Waals surface area contributed by atoms with Gasteiger partial charge in [-0.3, -0.25) is 0 Å². The van der Waals surface area contributed by atoms with Gasteiger partial charge < -0.3 is 5.73 Å². The van der Waals surface area contributed by atoms with Crippen LogP contribution in [0.5, 0.6) is 0 Å². The second kappa shape index (κ2) is 6.31. The molecule has 0 aliphatic carbocycles. The van der Waals surface area contributed by atoms with Crippen LogP contribution in [-0.2, 0) is 6.42 Å². The Morgan fingerprint density at radius 1 is 1.28 bits per heavy atom. The molecular formula is C13H14BrN3S. The van der Waals surface area contributed by atoms with Crippen LogP contribution in [0.3, 0.4) is 0 Å². The van der Waals surface area contributed by atoms with Gasteiger partial charge in [-0.2, -0.15) is 0 Å². The molecule has 2 aromatic rings. The van der Waals surface area contributed by atoms with E-state index in [1.54, 1.807) is 11.8 Å². The third-order valence-corrected chi connectivity index (χ3v) is 4.20. The molecule has 2 N–H and O–H groups in total. The first-order valence-electron chi connectivity index (χ1n) is 5.64. The molecule has 1 aromatic carbocycles. The molecule has 0 fully saturated rings. The maximum Gasteiger partial charge on any atom is 0.192 e. The second-order valence-electron chi connectivity index (χ2n) is 4.09. The molecule has 3 nitrogen and oxygen atoms in total. The van der Waals surface area contributed by atoms with E-state index in [2.05, 4.69) is 25.9 Å². The van der Waals surface area contributed by atoms with Crippen LogP contribution in [0, 0.1) is 0 Å². The minimum atomic E-state index is 0.135. The summed E-state index contributed by atoms with van der Waals surface area (Å²) in [7, 11) is 0. The number of halogens is 1. The third kappa shape index (κ3) is 3.80. The zero-order chi connectivity index (χ0) is 13.0. The SMILES string of the molecule is CC(N)Cc1cnc(Sc2ccccc2Br)nc1. The van der Waals surface area contributed by atoms with Gasteiger partial charge in [-0.05, 0) is 58.7 Å². The fourth-order valence-electron chi connectivity index (χ4n) is 1.50. The average molecular weight is 324 g/mol. The Morgan fingerprint density at radius 2 is 1.94 bits per heavy atom. The average Bonchev–Trinajstić information content (AvgIpc) is 2.34. The highest BCUT2D eigenvalue weighted by Gasteiger charge is 2.05. The largest absolute Gasteiger partial charge is 0.328 e. The fourth-order valence-corrected chi connectivity index (χ4v) is 2.75. The predicted octanol–water partition coefficient (Wildman–Crippen LogP) is 3.28. The van der Waals surface area contributed by atoms with E-state index in [9.17, 15) is 0 Å². The zero-order valence-electron chi connectivity index (χ0n) is 10.0. The lowest BCUT2D eigenvalue weighted by molar-refractivity contribution is 0.727. The summed E-state index contributed by atoms with van der Waals surface area (Å²) in [6.07, 6.45) is 4.49. The Morgan fingerprint density at radius 3 is 2.56 bits per heavy atom. The molecule has 0 radical (unpaired) electrons. The number of nitrogens with zero attached hydrogens (tertiary/aromatic N) is 2. The summed E-state index contributed by atoms with van der Waals surface area (Å²) in [6, 6.07) is 8.16. The van der Waals surface area contributed by atoms with Gasteiger partial charge in [-0.25, -0.2) is 9.97 Å². The summed E-state index contributed by atoms with van der Waals surface area (Å²) < 4.78 is 1.05. The van der Waals surface area contributed by atoms with Gasteiger partial charge in [0.05, 0.1) is 0 Å². The van der Waals surface area contributed by atoms with Crippen LogP contribution in [0.1, 0.15) is 12.5 Å². The quantitative estimate of drug-likeness (QED) is 0.877. The number of hydrogen-bond donors (Lipinski definition) is 1. The highest BCUT2D eigenvalue weighted by molar-refractivity contribution is 9.10. The van der Waals surface area contributed by atoms with E-state index in [1.807, 2.05) is 43.6 Å². The van der Waals surface area contributed by atoms with Crippen LogP contribution < -0.4 is 5.73 Å².